The number of hydrogen-bond acceptors (Lipinski definition) is 3. The Kier molecular flexibility index (Phi) is 3.71. The highest BCUT2D eigenvalue weighted by atomic mass is 32.1. The molecule has 0 bridgehead atoms. The van der Waals surface area contributed by atoms with Gasteiger partial charge in [0, 0.05) is 36.6 Å². The van der Waals surface area contributed by atoms with Gasteiger partial charge in [-0.3, -0.25) is 4.79 Å². The van der Waals surface area contributed by atoms with E-state index in [1.807, 2.05) is 46.3 Å². The summed E-state index contributed by atoms with van der Waals surface area (Å²) >= 11 is 1.57. The van der Waals surface area contributed by atoms with Gasteiger partial charge >= 0.3 is 0 Å². The number of hydrogen-bond donors (Lipinski definition) is 0. The molecule has 1 amide bonds. The minimum absolute atomic E-state index is 0.183. The molecule has 4 nitrogen and oxygen atoms in total. The second-order valence-electron chi connectivity index (χ2n) is 5.71. The zero-order chi connectivity index (χ0) is 15.6. The lowest BCUT2D eigenvalue weighted by Gasteiger charge is -2.28. The molecule has 2 aromatic heterocycles. The lowest BCUT2D eigenvalue weighted by molar-refractivity contribution is -0.131. The smallest absolute Gasteiger partial charge is 0.228 e. The average molecular weight is 323 g/mol. The lowest BCUT2D eigenvalue weighted by Crippen LogP contribution is -2.36. The van der Waals surface area contributed by atoms with Crippen molar-refractivity contribution in [3.8, 4) is 5.13 Å². The summed E-state index contributed by atoms with van der Waals surface area (Å²) in [5, 5.41) is 0.904. The average Bonchev–Trinajstić information content (AvgIpc) is 3.25. The molecule has 1 aliphatic rings. The van der Waals surface area contributed by atoms with Gasteiger partial charge in [0.2, 0.25) is 5.91 Å². The second kappa shape index (κ2) is 6.01. The van der Waals surface area contributed by atoms with E-state index in [1.54, 1.807) is 11.3 Å². The summed E-state index contributed by atoms with van der Waals surface area (Å²) < 4.78 is 1.97. The molecule has 0 N–H and O–H groups in total. The van der Waals surface area contributed by atoms with E-state index in [4.69, 9.17) is 0 Å². The fourth-order valence-corrected chi connectivity index (χ4v) is 3.80. The van der Waals surface area contributed by atoms with Gasteiger partial charge in [0.1, 0.15) is 0 Å². The van der Waals surface area contributed by atoms with Crippen molar-refractivity contribution < 1.29 is 4.79 Å². The Labute approximate surface area is 139 Å². The van der Waals surface area contributed by atoms with Crippen molar-refractivity contribution in [2.45, 2.75) is 19.4 Å². The molecule has 1 aromatic carbocycles. The molecule has 4 rings (SSSR count). The van der Waals surface area contributed by atoms with Crippen molar-refractivity contribution in [2.75, 3.05) is 6.54 Å². The minimum Gasteiger partial charge on any atom is -0.338 e. The molecule has 0 saturated carbocycles. The maximum Gasteiger partial charge on any atom is 0.228 e. The molecule has 5 heteroatoms. The van der Waals surface area contributed by atoms with Gasteiger partial charge in [0.25, 0.3) is 0 Å². The summed E-state index contributed by atoms with van der Waals surface area (Å²) in [6.07, 6.45) is 7.12. The van der Waals surface area contributed by atoms with Crippen molar-refractivity contribution in [2.24, 2.45) is 0 Å². The van der Waals surface area contributed by atoms with Crippen LogP contribution in [0.15, 0.2) is 55.0 Å². The molecule has 0 saturated heterocycles. The summed E-state index contributed by atoms with van der Waals surface area (Å²) in [6.45, 7) is 1.53. The Morgan fingerprint density at radius 3 is 2.74 bits per heavy atom. The first kappa shape index (κ1) is 14.2. The number of fused-ring (bicyclic) bond motifs is 1. The van der Waals surface area contributed by atoms with Crippen LogP contribution in [-0.2, 0) is 24.2 Å². The van der Waals surface area contributed by atoms with E-state index in [0.717, 1.165) is 29.5 Å². The summed E-state index contributed by atoms with van der Waals surface area (Å²) in [7, 11) is 0. The van der Waals surface area contributed by atoms with Crippen LogP contribution in [0.2, 0.25) is 0 Å². The molecule has 116 valence electrons. The standard InChI is InChI=1S/C18H17N3OS/c22-17(21-10-7-14-5-1-2-6-15(14)13-21)11-16-12-19-18(23-16)20-8-3-4-9-20/h1-6,8-9,12H,7,10-11,13H2. The summed E-state index contributed by atoms with van der Waals surface area (Å²) in [5.74, 6) is 0.183. The van der Waals surface area contributed by atoms with E-state index in [9.17, 15) is 4.79 Å². The van der Waals surface area contributed by atoms with Gasteiger partial charge in [0.15, 0.2) is 5.13 Å². The number of carbonyl (C=O) groups excluding carboxylic acids is 1. The van der Waals surface area contributed by atoms with Crippen molar-refractivity contribution in [1.82, 2.24) is 14.5 Å². The number of benzene rings is 1. The number of amides is 1. The topological polar surface area (TPSA) is 38.1 Å². The molecule has 0 radical (unpaired) electrons. The third-order valence-electron chi connectivity index (χ3n) is 4.18. The van der Waals surface area contributed by atoms with Crippen molar-refractivity contribution in [3.63, 3.8) is 0 Å². The number of carbonyl (C=O) groups is 1. The zero-order valence-electron chi connectivity index (χ0n) is 12.7. The second-order valence-corrected chi connectivity index (χ2v) is 6.80. The van der Waals surface area contributed by atoms with E-state index >= 15 is 0 Å². The highest BCUT2D eigenvalue weighted by Gasteiger charge is 2.21. The van der Waals surface area contributed by atoms with E-state index in [2.05, 4.69) is 23.2 Å². The predicted octanol–water partition coefficient (Wildman–Crippen LogP) is 3.06. The number of rotatable bonds is 3. The van der Waals surface area contributed by atoms with Gasteiger partial charge in [-0.1, -0.05) is 24.3 Å². The number of aromatic nitrogens is 2. The third kappa shape index (κ3) is 2.92. The lowest BCUT2D eigenvalue weighted by atomic mass is 10.00. The number of thiazole rings is 1. The molecule has 3 heterocycles. The molecule has 0 aliphatic carbocycles. The molecule has 23 heavy (non-hydrogen) atoms. The van der Waals surface area contributed by atoms with E-state index in [-0.39, 0.29) is 5.91 Å². The Balaban J connectivity index is 1.45. The van der Waals surface area contributed by atoms with Crippen LogP contribution in [0, 0.1) is 0 Å². The molecule has 3 aromatic rings. The molecule has 0 fully saturated rings. The molecule has 1 aliphatic heterocycles. The Morgan fingerprint density at radius 1 is 1.13 bits per heavy atom. The van der Waals surface area contributed by atoms with Crippen LogP contribution in [0.25, 0.3) is 5.13 Å². The summed E-state index contributed by atoms with van der Waals surface area (Å²) in [6, 6.07) is 12.3. The molecule has 0 spiro atoms. The Hall–Kier alpha value is -2.40. The zero-order valence-corrected chi connectivity index (χ0v) is 13.5. The van der Waals surface area contributed by atoms with Crippen LogP contribution in [0.3, 0.4) is 0 Å². The van der Waals surface area contributed by atoms with Gasteiger partial charge in [-0.15, -0.1) is 11.3 Å². The van der Waals surface area contributed by atoms with E-state index < -0.39 is 0 Å². The van der Waals surface area contributed by atoms with E-state index in [0.29, 0.717) is 6.42 Å². The first-order valence-electron chi connectivity index (χ1n) is 7.72. The number of nitrogens with zero attached hydrogens (tertiary/aromatic N) is 3. The normalized spacial score (nSPS) is 13.8. The summed E-state index contributed by atoms with van der Waals surface area (Å²) in [4.78, 5) is 19.9. The predicted molar refractivity (Wildman–Crippen MR) is 90.7 cm³/mol. The monoisotopic (exact) mass is 323 g/mol. The van der Waals surface area contributed by atoms with Crippen molar-refractivity contribution in [3.05, 3.63) is 71.0 Å². The van der Waals surface area contributed by atoms with Gasteiger partial charge in [0.05, 0.1) is 6.42 Å². The molecular formula is C18H17N3OS. The van der Waals surface area contributed by atoms with Gasteiger partial charge in [-0.2, -0.15) is 0 Å². The first-order chi connectivity index (χ1) is 11.3. The third-order valence-corrected chi connectivity index (χ3v) is 5.19. The van der Waals surface area contributed by atoms with E-state index in [1.165, 1.54) is 11.1 Å². The largest absolute Gasteiger partial charge is 0.338 e. The molecule has 0 unspecified atom stereocenters. The van der Waals surface area contributed by atoms with Crippen LogP contribution >= 0.6 is 11.3 Å². The van der Waals surface area contributed by atoms with Crippen LogP contribution in [-0.4, -0.2) is 26.9 Å². The van der Waals surface area contributed by atoms with Crippen LogP contribution in [0.4, 0.5) is 0 Å². The van der Waals surface area contributed by atoms with Gasteiger partial charge < -0.3 is 9.47 Å². The maximum atomic E-state index is 12.6. The highest BCUT2D eigenvalue weighted by molar-refractivity contribution is 7.14. The SMILES string of the molecule is O=C(Cc1cnc(-n2cccc2)s1)N1CCc2ccccc2C1. The molecule has 0 atom stereocenters. The van der Waals surface area contributed by atoms with Crippen LogP contribution < -0.4 is 0 Å². The van der Waals surface area contributed by atoms with Gasteiger partial charge in [-0.25, -0.2) is 4.98 Å². The van der Waals surface area contributed by atoms with Crippen molar-refractivity contribution in [1.29, 1.82) is 0 Å². The van der Waals surface area contributed by atoms with Gasteiger partial charge in [-0.05, 0) is 29.7 Å². The molecular weight excluding hydrogens is 306 g/mol. The van der Waals surface area contributed by atoms with Crippen LogP contribution in [0.1, 0.15) is 16.0 Å². The highest BCUT2D eigenvalue weighted by Crippen LogP contribution is 2.22. The quantitative estimate of drug-likeness (QED) is 0.743. The Morgan fingerprint density at radius 2 is 1.91 bits per heavy atom. The van der Waals surface area contributed by atoms with Crippen LogP contribution in [0.5, 0.6) is 0 Å². The fourth-order valence-electron chi connectivity index (χ4n) is 2.93. The minimum atomic E-state index is 0.183. The first-order valence-corrected chi connectivity index (χ1v) is 8.54. The fraction of sp³-hybridized carbons (Fsp3) is 0.222. The maximum absolute atomic E-state index is 12.6. The summed E-state index contributed by atoms with van der Waals surface area (Å²) in [5.41, 5.74) is 2.63. The van der Waals surface area contributed by atoms with Crippen molar-refractivity contribution >= 4 is 17.2 Å². The Bertz CT molecular complexity index is 822.